The summed E-state index contributed by atoms with van der Waals surface area (Å²) in [5.74, 6) is -0.753. The third-order valence-corrected chi connectivity index (χ3v) is 6.32. The van der Waals surface area contributed by atoms with Crippen molar-refractivity contribution in [2.24, 2.45) is 0 Å². The van der Waals surface area contributed by atoms with Crippen LogP contribution in [0.1, 0.15) is 64.2 Å². The van der Waals surface area contributed by atoms with Gasteiger partial charge in [0.2, 0.25) is 0 Å². The number of carbonyl (C=O) groups is 2. The Balaban J connectivity index is 2.09. The second-order valence-electron chi connectivity index (χ2n) is 10.2. The molecule has 0 aliphatic carbocycles. The number of nitrogens with zero attached hydrogens (tertiary/aromatic N) is 1. The van der Waals surface area contributed by atoms with Crippen molar-refractivity contribution in [1.82, 2.24) is 0 Å². The molecule has 6 nitrogen and oxygen atoms in total. The average molecular weight is 436 g/mol. The van der Waals surface area contributed by atoms with E-state index in [-0.39, 0.29) is 5.78 Å². The zero-order chi connectivity index (χ0) is 23.7. The molecule has 6 heteroatoms. The summed E-state index contributed by atoms with van der Waals surface area (Å²) in [6.07, 6.45) is -0.625. The van der Waals surface area contributed by atoms with E-state index in [0.717, 1.165) is 16.5 Å². The van der Waals surface area contributed by atoms with E-state index in [1.807, 2.05) is 32.0 Å². The van der Waals surface area contributed by atoms with Gasteiger partial charge in [0.05, 0.1) is 11.1 Å². The van der Waals surface area contributed by atoms with Crippen LogP contribution in [0, 0.1) is 13.8 Å². The average Bonchev–Trinajstić information content (AvgIpc) is 2.66. The number of hydrogen-bond donors (Lipinski definition) is 0. The molecular formula is C26H29NO5. The van der Waals surface area contributed by atoms with Crippen molar-refractivity contribution in [2.45, 2.75) is 72.4 Å². The quantitative estimate of drug-likeness (QED) is 0.331. The SMILES string of the molecule is Cc1cc2oc(=O)c3c4c(ccc3c2cc1C)N(C(=O)OC(C)(C)C)C(C)(C)C(=O)C4C. The van der Waals surface area contributed by atoms with E-state index in [9.17, 15) is 14.4 Å². The molecule has 3 aromatic rings. The van der Waals surface area contributed by atoms with E-state index in [0.29, 0.717) is 27.6 Å². The lowest BCUT2D eigenvalue weighted by Crippen LogP contribution is -2.58. The predicted molar refractivity (Wildman–Crippen MR) is 126 cm³/mol. The number of Topliss-reactive ketones (excluding diaryl/α,β-unsaturated/α-hetero) is 1. The van der Waals surface area contributed by atoms with Gasteiger partial charge in [0, 0.05) is 22.3 Å². The lowest BCUT2D eigenvalue weighted by Gasteiger charge is -2.44. The van der Waals surface area contributed by atoms with Gasteiger partial charge in [0.25, 0.3) is 0 Å². The van der Waals surface area contributed by atoms with Gasteiger partial charge in [-0.3, -0.25) is 9.69 Å². The van der Waals surface area contributed by atoms with Crippen molar-refractivity contribution in [3.05, 3.63) is 51.4 Å². The fourth-order valence-corrected chi connectivity index (χ4v) is 4.63. The summed E-state index contributed by atoms with van der Waals surface area (Å²) in [5, 5.41) is 1.85. The summed E-state index contributed by atoms with van der Waals surface area (Å²) in [7, 11) is 0. The number of ketones is 1. The van der Waals surface area contributed by atoms with Gasteiger partial charge in [0.1, 0.15) is 16.7 Å². The summed E-state index contributed by atoms with van der Waals surface area (Å²) in [4.78, 5) is 41.2. The van der Waals surface area contributed by atoms with Gasteiger partial charge in [-0.1, -0.05) is 13.0 Å². The molecule has 1 atom stereocenters. The number of fused-ring (bicyclic) bond motifs is 5. The van der Waals surface area contributed by atoms with E-state index < -0.39 is 28.8 Å². The summed E-state index contributed by atoms with van der Waals surface area (Å²) in [6.45, 7) is 14.5. The minimum Gasteiger partial charge on any atom is -0.443 e. The van der Waals surface area contributed by atoms with Crippen molar-refractivity contribution in [2.75, 3.05) is 4.90 Å². The van der Waals surface area contributed by atoms with E-state index in [1.165, 1.54) is 4.90 Å². The fraction of sp³-hybridized carbons (Fsp3) is 0.423. The van der Waals surface area contributed by atoms with Crippen LogP contribution in [0.5, 0.6) is 0 Å². The second kappa shape index (κ2) is 6.92. The van der Waals surface area contributed by atoms with Gasteiger partial charge in [-0.05, 0) is 77.8 Å². The number of ether oxygens (including phenoxy) is 1. The summed E-state index contributed by atoms with van der Waals surface area (Å²) >= 11 is 0. The molecule has 0 spiro atoms. The predicted octanol–water partition coefficient (Wildman–Crippen LogP) is 5.77. The van der Waals surface area contributed by atoms with Crippen LogP contribution in [0.25, 0.3) is 21.7 Å². The first-order valence-electron chi connectivity index (χ1n) is 10.8. The Hall–Kier alpha value is -3.15. The van der Waals surface area contributed by atoms with Gasteiger partial charge in [-0.15, -0.1) is 0 Å². The van der Waals surface area contributed by atoms with Crippen molar-refractivity contribution >= 4 is 39.3 Å². The van der Waals surface area contributed by atoms with E-state index in [4.69, 9.17) is 9.15 Å². The molecule has 0 radical (unpaired) electrons. The van der Waals surface area contributed by atoms with Crippen LogP contribution >= 0.6 is 0 Å². The minimum atomic E-state index is -1.13. The number of amides is 1. The topological polar surface area (TPSA) is 76.8 Å². The molecule has 1 amide bonds. The van der Waals surface area contributed by atoms with Crippen molar-refractivity contribution in [1.29, 1.82) is 0 Å². The first-order chi connectivity index (χ1) is 14.7. The van der Waals surface area contributed by atoms with Crippen molar-refractivity contribution in [3.8, 4) is 0 Å². The number of hydrogen-bond acceptors (Lipinski definition) is 5. The molecule has 1 aliphatic rings. The van der Waals surface area contributed by atoms with Crippen molar-refractivity contribution < 1.29 is 18.7 Å². The maximum Gasteiger partial charge on any atom is 0.415 e. The van der Waals surface area contributed by atoms with Crippen LogP contribution in [-0.4, -0.2) is 23.0 Å². The zero-order valence-corrected chi connectivity index (χ0v) is 19.9. The third-order valence-electron chi connectivity index (χ3n) is 6.32. The van der Waals surface area contributed by atoms with Gasteiger partial charge in [-0.25, -0.2) is 9.59 Å². The van der Waals surface area contributed by atoms with Crippen LogP contribution < -0.4 is 10.5 Å². The molecule has 168 valence electrons. The zero-order valence-electron chi connectivity index (χ0n) is 19.9. The van der Waals surface area contributed by atoms with Crippen LogP contribution in [-0.2, 0) is 9.53 Å². The number of rotatable bonds is 0. The molecule has 1 unspecified atom stereocenters. The molecule has 0 fully saturated rings. The number of aryl methyl sites for hydroxylation is 2. The van der Waals surface area contributed by atoms with Crippen LogP contribution in [0.2, 0.25) is 0 Å². The van der Waals surface area contributed by atoms with Crippen molar-refractivity contribution in [3.63, 3.8) is 0 Å². The van der Waals surface area contributed by atoms with Crippen LogP contribution in [0.3, 0.4) is 0 Å². The van der Waals surface area contributed by atoms with Crippen LogP contribution in [0.15, 0.2) is 33.5 Å². The highest BCUT2D eigenvalue weighted by Crippen LogP contribution is 2.45. The molecule has 4 rings (SSSR count). The number of carbonyl (C=O) groups excluding carboxylic acids is 2. The Morgan fingerprint density at radius 1 is 1.06 bits per heavy atom. The maximum atomic E-state index is 13.4. The second-order valence-corrected chi connectivity index (χ2v) is 10.2. The molecule has 2 heterocycles. The molecule has 32 heavy (non-hydrogen) atoms. The Kier molecular flexibility index (Phi) is 4.77. The Morgan fingerprint density at radius 2 is 1.69 bits per heavy atom. The highest BCUT2D eigenvalue weighted by atomic mass is 16.6. The summed E-state index contributed by atoms with van der Waals surface area (Å²) < 4.78 is 11.3. The Labute approximate surface area is 187 Å². The molecule has 0 N–H and O–H groups in total. The first kappa shape index (κ1) is 22.1. The number of anilines is 1. The first-order valence-corrected chi connectivity index (χ1v) is 10.8. The molecule has 2 aromatic carbocycles. The maximum absolute atomic E-state index is 13.4. The summed E-state index contributed by atoms with van der Waals surface area (Å²) in [5.41, 5.74) is 1.23. The largest absolute Gasteiger partial charge is 0.443 e. The molecular weight excluding hydrogens is 406 g/mol. The Bertz CT molecular complexity index is 1360. The minimum absolute atomic E-state index is 0.164. The number of benzene rings is 2. The highest BCUT2D eigenvalue weighted by Gasteiger charge is 2.49. The van der Waals surface area contributed by atoms with Gasteiger partial charge >= 0.3 is 11.7 Å². The normalized spacial score (nSPS) is 18.2. The highest BCUT2D eigenvalue weighted by molar-refractivity contribution is 6.15. The van der Waals surface area contributed by atoms with E-state index in [1.54, 1.807) is 47.6 Å². The lowest BCUT2D eigenvalue weighted by atomic mass is 9.77. The molecule has 1 aliphatic heterocycles. The smallest absolute Gasteiger partial charge is 0.415 e. The van der Waals surface area contributed by atoms with Gasteiger partial charge < -0.3 is 9.15 Å². The van der Waals surface area contributed by atoms with Gasteiger partial charge in [-0.2, -0.15) is 0 Å². The Morgan fingerprint density at radius 3 is 2.31 bits per heavy atom. The van der Waals surface area contributed by atoms with E-state index >= 15 is 0 Å². The third kappa shape index (κ3) is 3.20. The molecule has 1 aromatic heterocycles. The fourth-order valence-electron chi connectivity index (χ4n) is 4.63. The molecule has 0 saturated heterocycles. The molecule has 0 bridgehead atoms. The molecule has 0 saturated carbocycles. The standard InChI is InChI=1S/C26H29NO5/c1-13-11-17-16-9-10-18-20(21(16)23(29)31-19(17)12-14(13)2)15(3)22(28)26(7,8)27(18)24(30)32-25(4,5)6/h9-12,15H,1-8H3. The summed E-state index contributed by atoms with van der Waals surface area (Å²) in [6, 6.07) is 7.49. The lowest BCUT2D eigenvalue weighted by molar-refractivity contribution is -0.124. The van der Waals surface area contributed by atoms with E-state index in [2.05, 4.69) is 0 Å². The monoisotopic (exact) mass is 435 g/mol. The van der Waals surface area contributed by atoms with Gasteiger partial charge in [0.15, 0.2) is 5.78 Å². The van der Waals surface area contributed by atoms with Crippen LogP contribution in [0.4, 0.5) is 10.5 Å².